The largest absolute Gasteiger partial charge is 0.433 e. The predicted molar refractivity (Wildman–Crippen MR) is 84.0 cm³/mol. The van der Waals surface area contributed by atoms with Crippen molar-refractivity contribution in [2.24, 2.45) is 5.92 Å². The van der Waals surface area contributed by atoms with Crippen LogP contribution in [0.25, 0.3) is 0 Å². The number of aromatic nitrogens is 1. The lowest BCUT2D eigenvalue weighted by Crippen LogP contribution is -2.56. The zero-order valence-electron chi connectivity index (χ0n) is 13.6. The van der Waals surface area contributed by atoms with Gasteiger partial charge in [-0.25, -0.2) is 0 Å². The third kappa shape index (κ3) is 4.22. The second-order valence-corrected chi connectivity index (χ2v) is 6.84. The molecule has 0 bridgehead atoms. The number of likely N-dealkylation sites (tertiary alicyclic amines) is 1. The van der Waals surface area contributed by atoms with Gasteiger partial charge in [-0.2, -0.15) is 13.2 Å². The van der Waals surface area contributed by atoms with Gasteiger partial charge in [0.15, 0.2) is 0 Å². The Balaban J connectivity index is 1.59. The zero-order valence-corrected chi connectivity index (χ0v) is 13.6. The van der Waals surface area contributed by atoms with Gasteiger partial charge in [-0.05, 0) is 24.5 Å². The van der Waals surface area contributed by atoms with Gasteiger partial charge in [0.1, 0.15) is 11.8 Å². The first-order valence-corrected chi connectivity index (χ1v) is 8.29. The van der Waals surface area contributed by atoms with E-state index in [1.165, 1.54) is 6.20 Å². The van der Waals surface area contributed by atoms with E-state index < -0.39 is 30.2 Å². The SMILES string of the molecule is OC1[C@H](O)CN(C[C@H]2CCN(c3ccnc(C(F)(F)F)c3)C2)C[C@@H]1O. The first-order chi connectivity index (χ1) is 11.7. The van der Waals surface area contributed by atoms with E-state index in [-0.39, 0.29) is 19.0 Å². The molecule has 4 atom stereocenters. The van der Waals surface area contributed by atoms with Crippen LogP contribution in [0, 0.1) is 5.92 Å². The minimum atomic E-state index is -4.46. The molecule has 0 aliphatic carbocycles. The summed E-state index contributed by atoms with van der Waals surface area (Å²) in [4.78, 5) is 7.17. The zero-order chi connectivity index (χ0) is 18.2. The molecule has 2 aliphatic heterocycles. The van der Waals surface area contributed by atoms with E-state index in [9.17, 15) is 28.5 Å². The summed E-state index contributed by atoms with van der Waals surface area (Å²) in [6.07, 6.45) is -5.59. The van der Waals surface area contributed by atoms with Gasteiger partial charge in [-0.1, -0.05) is 0 Å². The lowest BCUT2D eigenvalue weighted by atomic mass is 10.00. The Bertz CT molecular complexity index is 589. The fourth-order valence-corrected chi connectivity index (χ4v) is 3.58. The first kappa shape index (κ1) is 18.4. The molecule has 0 amide bonds. The maximum atomic E-state index is 12.8. The molecule has 1 aromatic rings. The van der Waals surface area contributed by atoms with E-state index in [0.717, 1.165) is 12.5 Å². The van der Waals surface area contributed by atoms with E-state index >= 15 is 0 Å². The Morgan fingerprint density at radius 3 is 2.44 bits per heavy atom. The highest BCUT2D eigenvalue weighted by Crippen LogP contribution is 2.31. The Hall–Kier alpha value is -1.42. The molecule has 3 N–H and O–H groups in total. The highest BCUT2D eigenvalue weighted by Gasteiger charge is 2.36. The molecule has 2 saturated heterocycles. The molecule has 1 aromatic heterocycles. The summed E-state index contributed by atoms with van der Waals surface area (Å²) in [5.74, 6) is 0.220. The molecule has 3 heterocycles. The van der Waals surface area contributed by atoms with Gasteiger partial charge in [0.2, 0.25) is 0 Å². The van der Waals surface area contributed by atoms with E-state index in [0.29, 0.717) is 25.3 Å². The summed E-state index contributed by atoms with van der Waals surface area (Å²) in [6, 6.07) is 2.63. The number of piperidine rings is 1. The Morgan fingerprint density at radius 2 is 1.80 bits per heavy atom. The molecular weight excluding hydrogens is 339 g/mol. The molecule has 1 unspecified atom stereocenters. The highest BCUT2D eigenvalue weighted by atomic mass is 19.4. The number of aliphatic hydroxyl groups is 3. The molecular formula is C16H22F3N3O3. The molecule has 0 radical (unpaired) electrons. The molecule has 25 heavy (non-hydrogen) atoms. The predicted octanol–water partition coefficient (Wildman–Crippen LogP) is 0.325. The molecule has 3 rings (SSSR count). The van der Waals surface area contributed by atoms with Crippen LogP contribution >= 0.6 is 0 Å². The Kier molecular flexibility index (Phi) is 5.19. The fraction of sp³-hybridized carbons (Fsp3) is 0.688. The second-order valence-electron chi connectivity index (χ2n) is 6.84. The van der Waals surface area contributed by atoms with Crippen LogP contribution in [0.3, 0.4) is 0 Å². The molecule has 0 spiro atoms. The van der Waals surface area contributed by atoms with Crippen molar-refractivity contribution < 1.29 is 28.5 Å². The number of alkyl halides is 3. The summed E-state index contributed by atoms with van der Waals surface area (Å²) >= 11 is 0. The Morgan fingerprint density at radius 1 is 1.12 bits per heavy atom. The monoisotopic (exact) mass is 361 g/mol. The van der Waals surface area contributed by atoms with Crippen molar-refractivity contribution in [2.45, 2.75) is 30.9 Å². The molecule has 0 saturated carbocycles. The van der Waals surface area contributed by atoms with Gasteiger partial charge < -0.3 is 20.2 Å². The Labute approximate surface area is 143 Å². The molecule has 2 aliphatic rings. The maximum absolute atomic E-state index is 12.8. The van der Waals surface area contributed by atoms with Crippen LogP contribution in [0.2, 0.25) is 0 Å². The van der Waals surface area contributed by atoms with E-state index in [1.54, 1.807) is 6.07 Å². The van der Waals surface area contributed by atoms with Crippen molar-refractivity contribution in [1.82, 2.24) is 9.88 Å². The van der Waals surface area contributed by atoms with Crippen LogP contribution < -0.4 is 4.90 Å². The highest BCUT2D eigenvalue weighted by molar-refractivity contribution is 5.48. The average molecular weight is 361 g/mol. The van der Waals surface area contributed by atoms with Crippen molar-refractivity contribution in [2.75, 3.05) is 37.6 Å². The second kappa shape index (κ2) is 7.06. The smallest absolute Gasteiger partial charge is 0.389 e. The number of aliphatic hydroxyl groups excluding tert-OH is 3. The van der Waals surface area contributed by atoms with Crippen LogP contribution in [0.5, 0.6) is 0 Å². The number of halogens is 3. The minimum absolute atomic E-state index is 0.220. The number of nitrogens with zero attached hydrogens (tertiary/aromatic N) is 3. The van der Waals surface area contributed by atoms with Crippen LogP contribution in [0.4, 0.5) is 18.9 Å². The lowest BCUT2D eigenvalue weighted by Gasteiger charge is -2.38. The van der Waals surface area contributed by atoms with E-state index in [2.05, 4.69) is 4.98 Å². The van der Waals surface area contributed by atoms with E-state index in [4.69, 9.17) is 0 Å². The van der Waals surface area contributed by atoms with Crippen LogP contribution in [-0.4, -0.2) is 76.2 Å². The van der Waals surface area contributed by atoms with Gasteiger partial charge in [0, 0.05) is 44.6 Å². The third-order valence-electron chi connectivity index (χ3n) is 4.88. The standard InChI is InChI=1S/C16H22F3N3O3/c17-16(18,19)14-5-11(1-3-20-14)22-4-2-10(7-22)6-21-8-12(23)15(25)13(24)9-21/h1,3,5,10,12-13,15,23-25H,2,4,6-9H2/t10-,12-,13+,15?/m1/s1. The van der Waals surface area contributed by atoms with Crippen molar-refractivity contribution in [3.05, 3.63) is 24.0 Å². The number of rotatable bonds is 3. The minimum Gasteiger partial charge on any atom is -0.389 e. The number of anilines is 1. The number of pyridine rings is 1. The summed E-state index contributed by atoms with van der Waals surface area (Å²) in [6.45, 7) is 2.43. The summed E-state index contributed by atoms with van der Waals surface area (Å²) in [5, 5.41) is 29.1. The average Bonchev–Trinajstić information content (AvgIpc) is 3.00. The summed E-state index contributed by atoms with van der Waals surface area (Å²) in [5.41, 5.74) is -0.399. The fourth-order valence-electron chi connectivity index (χ4n) is 3.58. The van der Waals surface area contributed by atoms with Gasteiger partial charge in [-0.15, -0.1) is 0 Å². The normalized spacial score (nSPS) is 31.5. The quantitative estimate of drug-likeness (QED) is 0.720. The van der Waals surface area contributed by atoms with Crippen LogP contribution in [0.1, 0.15) is 12.1 Å². The first-order valence-electron chi connectivity index (χ1n) is 8.29. The van der Waals surface area contributed by atoms with E-state index in [1.807, 2.05) is 9.80 Å². The molecule has 140 valence electrons. The summed E-state index contributed by atoms with van der Waals surface area (Å²) in [7, 11) is 0. The van der Waals surface area contributed by atoms with Gasteiger partial charge in [0.25, 0.3) is 0 Å². The molecule has 6 nitrogen and oxygen atoms in total. The third-order valence-corrected chi connectivity index (χ3v) is 4.88. The number of hydrogen-bond donors (Lipinski definition) is 3. The number of β-amino-alcohol motifs (C(OH)–C–C–N with tert-alkyl or cyclic N) is 2. The maximum Gasteiger partial charge on any atom is 0.433 e. The molecule has 2 fully saturated rings. The van der Waals surface area contributed by atoms with Crippen molar-refractivity contribution in [3.63, 3.8) is 0 Å². The van der Waals surface area contributed by atoms with Crippen LogP contribution in [-0.2, 0) is 6.18 Å². The van der Waals surface area contributed by atoms with Crippen molar-refractivity contribution >= 4 is 5.69 Å². The topological polar surface area (TPSA) is 80.1 Å². The summed E-state index contributed by atoms with van der Waals surface area (Å²) < 4.78 is 38.4. The number of hydrogen-bond acceptors (Lipinski definition) is 6. The van der Waals surface area contributed by atoms with Crippen molar-refractivity contribution in [3.8, 4) is 0 Å². The molecule has 0 aromatic carbocycles. The van der Waals surface area contributed by atoms with Crippen LogP contribution in [0.15, 0.2) is 18.3 Å². The van der Waals surface area contributed by atoms with Gasteiger partial charge >= 0.3 is 6.18 Å². The van der Waals surface area contributed by atoms with Gasteiger partial charge in [-0.3, -0.25) is 9.88 Å². The van der Waals surface area contributed by atoms with Crippen molar-refractivity contribution in [1.29, 1.82) is 0 Å². The lowest BCUT2D eigenvalue weighted by molar-refractivity contribution is -0.141. The van der Waals surface area contributed by atoms with Gasteiger partial charge in [0.05, 0.1) is 12.2 Å². The molecule has 9 heteroatoms.